The summed E-state index contributed by atoms with van der Waals surface area (Å²) in [5, 5.41) is 9.29. The van der Waals surface area contributed by atoms with Crippen LogP contribution in [0, 0.1) is 5.92 Å². The molecule has 0 aromatic heterocycles. The van der Waals surface area contributed by atoms with Gasteiger partial charge in [0, 0.05) is 0 Å². The van der Waals surface area contributed by atoms with Crippen molar-refractivity contribution in [3.63, 3.8) is 0 Å². The zero-order chi connectivity index (χ0) is 26.5. The van der Waals surface area contributed by atoms with Crippen molar-refractivity contribution in [1.82, 2.24) is 0 Å². The molecule has 0 amide bonds. The first kappa shape index (κ1) is 34.4. The van der Waals surface area contributed by atoms with Crippen molar-refractivity contribution in [2.75, 3.05) is 6.61 Å². The van der Waals surface area contributed by atoms with Crippen LogP contribution in [0.5, 0.6) is 0 Å². The van der Waals surface area contributed by atoms with Gasteiger partial charge in [0.1, 0.15) is 6.61 Å². The summed E-state index contributed by atoms with van der Waals surface area (Å²) in [5.74, 6) is -1.99. The number of carboxylic acid groups (broad SMARTS) is 1. The maximum Gasteiger partial charge on any atom is 0.307 e. The van der Waals surface area contributed by atoms with Crippen LogP contribution in [-0.4, -0.2) is 23.7 Å². The fraction of sp³-hybridized carbons (Fsp3) is 0.812. The Morgan fingerprint density at radius 3 is 1.53 bits per heavy atom. The number of carbonyl (C=O) groups is 2. The number of rotatable bonds is 28. The second-order valence-electron chi connectivity index (χ2n) is 10.4. The molecule has 0 fully saturated rings. The maximum atomic E-state index is 11.6. The van der Waals surface area contributed by atoms with Gasteiger partial charge in [-0.3, -0.25) is 9.59 Å². The SMILES string of the molecule is C=CCOC(=O)CC(CCCCCCCCCCC/C=C/CCCCCCCCCCCC)C(=O)O. The Labute approximate surface area is 223 Å². The zero-order valence-electron chi connectivity index (χ0n) is 23.7. The molecule has 0 saturated heterocycles. The standard InChI is InChI=1S/C32H58O4/c1-3-5-6-7-8-9-10-11-12-13-14-15-16-17-18-19-20-21-22-23-24-25-26-27-30(32(34)35)29-31(33)36-28-4-2/h4,15-16,30H,2-3,5-14,17-29H2,1H3,(H,34,35)/b16-15+. The molecule has 1 atom stereocenters. The monoisotopic (exact) mass is 506 g/mol. The Bertz CT molecular complexity index is 540. The molecular weight excluding hydrogens is 448 g/mol. The molecule has 1 N–H and O–H groups in total. The van der Waals surface area contributed by atoms with E-state index in [4.69, 9.17) is 4.74 Å². The summed E-state index contributed by atoms with van der Waals surface area (Å²) in [6.45, 7) is 5.91. The predicted molar refractivity (Wildman–Crippen MR) is 153 cm³/mol. The lowest BCUT2D eigenvalue weighted by Crippen LogP contribution is -2.19. The number of hydrogen-bond acceptors (Lipinski definition) is 3. The Morgan fingerprint density at radius 1 is 0.694 bits per heavy atom. The highest BCUT2D eigenvalue weighted by molar-refractivity contribution is 5.78. The summed E-state index contributed by atoms with van der Waals surface area (Å²) in [5.41, 5.74) is 0. The first-order chi connectivity index (χ1) is 17.6. The molecule has 0 aliphatic heterocycles. The minimum Gasteiger partial charge on any atom is -0.481 e. The van der Waals surface area contributed by atoms with Crippen LogP contribution in [0.1, 0.15) is 155 Å². The topological polar surface area (TPSA) is 63.6 Å². The quantitative estimate of drug-likeness (QED) is 0.0651. The van der Waals surface area contributed by atoms with Crippen LogP contribution in [0.3, 0.4) is 0 Å². The molecular formula is C32H58O4. The highest BCUT2D eigenvalue weighted by atomic mass is 16.5. The molecule has 0 aliphatic rings. The van der Waals surface area contributed by atoms with E-state index in [1.807, 2.05) is 0 Å². The molecule has 0 heterocycles. The van der Waals surface area contributed by atoms with Gasteiger partial charge in [0.2, 0.25) is 0 Å². The highest BCUT2D eigenvalue weighted by Gasteiger charge is 2.21. The number of unbranched alkanes of at least 4 members (excludes halogenated alkanes) is 19. The Balaban J connectivity index is 3.38. The lowest BCUT2D eigenvalue weighted by molar-refractivity contribution is -0.151. The summed E-state index contributed by atoms with van der Waals surface area (Å²) in [6.07, 6.45) is 34.1. The van der Waals surface area contributed by atoms with E-state index in [9.17, 15) is 14.7 Å². The smallest absolute Gasteiger partial charge is 0.307 e. The second kappa shape index (κ2) is 28.0. The van der Waals surface area contributed by atoms with Crippen molar-refractivity contribution in [2.24, 2.45) is 5.92 Å². The number of carbonyl (C=O) groups excluding carboxylic acids is 1. The van der Waals surface area contributed by atoms with Gasteiger partial charge in [-0.25, -0.2) is 0 Å². The number of allylic oxidation sites excluding steroid dienone is 2. The van der Waals surface area contributed by atoms with Crippen molar-refractivity contribution < 1.29 is 19.4 Å². The van der Waals surface area contributed by atoms with Gasteiger partial charge in [-0.1, -0.05) is 141 Å². The van der Waals surface area contributed by atoms with Crippen molar-refractivity contribution in [2.45, 2.75) is 155 Å². The largest absolute Gasteiger partial charge is 0.481 e. The number of esters is 1. The van der Waals surface area contributed by atoms with Crippen LogP contribution < -0.4 is 0 Å². The number of aliphatic carboxylic acids is 1. The minimum atomic E-state index is -0.904. The summed E-state index contributed by atoms with van der Waals surface area (Å²) in [7, 11) is 0. The van der Waals surface area contributed by atoms with Crippen LogP contribution in [0.15, 0.2) is 24.8 Å². The number of carboxylic acids is 1. The molecule has 36 heavy (non-hydrogen) atoms. The van der Waals surface area contributed by atoms with E-state index in [0.29, 0.717) is 6.42 Å². The fourth-order valence-electron chi connectivity index (χ4n) is 4.60. The minimum absolute atomic E-state index is 0.0440. The Kier molecular flexibility index (Phi) is 26.8. The van der Waals surface area contributed by atoms with E-state index in [1.165, 1.54) is 122 Å². The molecule has 0 aromatic rings. The molecule has 0 spiro atoms. The van der Waals surface area contributed by atoms with Gasteiger partial charge in [0.25, 0.3) is 0 Å². The lowest BCUT2D eigenvalue weighted by Gasteiger charge is -2.11. The summed E-state index contributed by atoms with van der Waals surface area (Å²) < 4.78 is 4.90. The third-order valence-corrected chi connectivity index (χ3v) is 6.94. The van der Waals surface area contributed by atoms with E-state index < -0.39 is 17.9 Å². The Hall–Kier alpha value is -1.58. The Morgan fingerprint density at radius 2 is 1.11 bits per heavy atom. The molecule has 0 aliphatic carbocycles. The zero-order valence-corrected chi connectivity index (χ0v) is 23.7. The van der Waals surface area contributed by atoms with Crippen molar-refractivity contribution in [1.29, 1.82) is 0 Å². The molecule has 210 valence electrons. The van der Waals surface area contributed by atoms with E-state index in [0.717, 1.165) is 19.3 Å². The molecule has 0 aromatic carbocycles. The van der Waals surface area contributed by atoms with Gasteiger partial charge >= 0.3 is 11.9 Å². The van der Waals surface area contributed by atoms with Gasteiger partial charge in [0.05, 0.1) is 12.3 Å². The van der Waals surface area contributed by atoms with E-state index in [1.54, 1.807) is 0 Å². The maximum absolute atomic E-state index is 11.6. The second-order valence-corrected chi connectivity index (χ2v) is 10.4. The normalized spacial score (nSPS) is 12.1. The van der Waals surface area contributed by atoms with Gasteiger partial charge < -0.3 is 9.84 Å². The van der Waals surface area contributed by atoms with Gasteiger partial charge in [-0.15, -0.1) is 0 Å². The van der Waals surface area contributed by atoms with Crippen molar-refractivity contribution in [3.05, 3.63) is 24.8 Å². The molecule has 4 nitrogen and oxygen atoms in total. The molecule has 0 bridgehead atoms. The third-order valence-electron chi connectivity index (χ3n) is 6.94. The van der Waals surface area contributed by atoms with Gasteiger partial charge in [0.15, 0.2) is 0 Å². The predicted octanol–water partition coefficient (Wildman–Crippen LogP) is 9.96. The first-order valence-electron chi connectivity index (χ1n) is 15.3. The van der Waals surface area contributed by atoms with Crippen molar-refractivity contribution >= 4 is 11.9 Å². The molecule has 4 heteroatoms. The molecule has 1 unspecified atom stereocenters. The molecule has 0 radical (unpaired) electrons. The highest BCUT2D eigenvalue weighted by Crippen LogP contribution is 2.17. The van der Waals surface area contributed by atoms with Crippen LogP contribution >= 0.6 is 0 Å². The number of hydrogen-bond donors (Lipinski definition) is 1. The third kappa shape index (κ3) is 25.5. The number of ether oxygens (including phenoxy) is 1. The van der Waals surface area contributed by atoms with E-state index in [2.05, 4.69) is 25.7 Å². The first-order valence-corrected chi connectivity index (χ1v) is 15.3. The van der Waals surface area contributed by atoms with Crippen LogP contribution in [0.4, 0.5) is 0 Å². The van der Waals surface area contributed by atoms with Gasteiger partial charge in [-0.05, 0) is 32.1 Å². The lowest BCUT2D eigenvalue weighted by atomic mass is 9.97. The van der Waals surface area contributed by atoms with Gasteiger partial charge in [-0.2, -0.15) is 0 Å². The summed E-state index contributed by atoms with van der Waals surface area (Å²) in [4.78, 5) is 22.9. The average molecular weight is 507 g/mol. The van der Waals surface area contributed by atoms with Crippen LogP contribution in [0.2, 0.25) is 0 Å². The average Bonchev–Trinajstić information content (AvgIpc) is 2.87. The van der Waals surface area contributed by atoms with E-state index in [-0.39, 0.29) is 13.0 Å². The van der Waals surface area contributed by atoms with Crippen LogP contribution in [-0.2, 0) is 14.3 Å². The summed E-state index contributed by atoms with van der Waals surface area (Å²) in [6, 6.07) is 0. The van der Waals surface area contributed by atoms with Crippen molar-refractivity contribution in [3.8, 4) is 0 Å². The molecule has 0 rings (SSSR count). The molecule has 0 saturated carbocycles. The van der Waals surface area contributed by atoms with Crippen LogP contribution in [0.25, 0.3) is 0 Å². The van der Waals surface area contributed by atoms with E-state index >= 15 is 0 Å². The summed E-state index contributed by atoms with van der Waals surface area (Å²) >= 11 is 0. The fourth-order valence-corrected chi connectivity index (χ4v) is 4.60.